The van der Waals surface area contributed by atoms with Crippen LogP contribution in [0.2, 0.25) is 0 Å². The fraction of sp³-hybridized carbons (Fsp3) is 0.600. The average molecular weight is 360 g/mol. The number of hydrogen-bond donors (Lipinski definition) is 1. The molecule has 0 bridgehead atoms. The Kier molecular flexibility index (Phi) is 4.83. The van der Waals surface area contributed by atoms with Gasteiger partial charge < -0.3 is 15.0 Å². The van der Waals surface area contributed by atoms with Gasteiger partial charge in [-0.25, -0.2) is 4.39 Å². The van der Waals surface area contributed by atoms with Crippen LogP contribution in [0.5, 0.6) is 5.75 Å². The van der Waals surface area contributed by atoms with Crippen LogP contribution < -0.4 is 10.1 Å². The van der Waals surface area contributed by atoms with Gasteiger partial charge in [0.15, 0.2) is 0 Å². The van der Waals surface area contributed by atoms with Crippen LogP contribution in [-0.4, -0.2) is 36.4 Å². The number of amides is 2. The van der Waals surface area contributed by atoms with Crippen molar-refractivity contribution >= 4 is 11.8 Å². The molecule has 1 N–H and O–H groups in total. The zero-order valence-corrected chi connectivity index (χ0v) is 14.9. The second kappa shape index (κ2) is 7.25. The second-order valence-corrected chi connectivity index (χ2v) is 7.63. The number of nitrogens with one attached hydrogen (secondary N) is 1. The lowest BCUT2D eigenvalue weighted by Crippen LogP contribution is -2.46. The number of halogens is 1. The minimum atomic E-state index is -0.336. The summed E-state index contributed by atoms with van der Waals surface area (Å²) in [5.74, 6) is 0.406. The highest BCUT2D eigenvalue weighted by Gasteiger charge is 2.37. The summed E-state index contributed by atoms with van der Waals surface area (Å²) in [7, 11) is 0. The second-order valence-electron chi connectivity index (χ2n) is 7.63. The summed E-state index contributed by atoms with van der Waals surface area (Å²) in [6.07, 6.45) is 5.22. The number of hydrogen-bond acceptors (Lipinski definition) is 3. The van der Waals surface area contributed by atoms with Crippen LogP contribution >= 0.6 is 0 Å². The van der Waals surface area contributed by atoms with Crippen LogP contribution in [0.25, 0.3) is 0 Å². The molecule has 0 aromatic heterocycles. The largest absolute Gasteiger partial charge is 0.493 e. The molecule has 1 aromatic carbocycles. The first-order valence-corrected chi connectivity index (χ1v) is 9.63. The number of piperidine rings is 1. The van der Waals surface area contributed by atoms with Gasteiger partial charge in [0.25, 0.3) is 0 Å². The Labute approximate surface area is 152 Å². The van der Waals surface area contributed by atoms with E-state index in [2.05, 4.69) is 5.32 Å². The molecule has 2 heterocycles. The predicted octanol–water partition coefficient (Wildman–Crippen LogP) is 2.80. The van der Waals surface area contributed by atoms with Crippen molar-refractivity contribution < 1.29 is 18.7 Å². The number of ether oxygens (including phenoxy) is 1. The van der Waals surface area contributed by atoms with E-state index >= 15 is 0 Å². The van der Waals surface area contributed by atoms with Crippen LogP contribution in [0.15, 0.2) is 18.2 Å². The molecule has 2 atom stereocenters. The number of rotatable bonds is 3. The van der Waals surface area contributed by atoms with Gasteiger partial charge in [-0.1, -0.05) is 6.07 Å². The molecule has 2 amide bonds. The third-order valence-corrected chi connectivity index (χ3v) is 5.59. The highest BCUT2D eigenvalue weighted by atomic mass is 19.1. The molecule has 1 saturated carbocycles. The predicted molar refractivity (Wildman–Crippen MR) is 94.0 cm³/mol. The van der Waals surface area contributed by atoms with Gasteiger partial charge in [-0.3, -0.25) is 9.59 Å². The first-order valence-electron chi connectivity index (χ1n) is 9.63. The lowest BCUT2D eigenvalue weighted by molar-refractivity contribution is -0.137. The molecule has 0 unspecified atom stereocenters. The smallest absolute Gasteiger partial charge is 0.225 e. The van der Waals surface area contributed by atoms with Gasteiger partial charge in [-0.2, -0.15) is 0 Å². The maximum absolute atomic E-state index is 13.5. The fourth-order valence-electron chi connectivity index (χ4n) is 3.97. The molecule has 1 aromatic rings. The maximum Gasteiger partial charge on any atom is 0.225 e. The van der Waals surface area contributed by atoms with Gasteiger partial charge in [0, 0.05) is 30.6 Å². The van der Waals surface area contributed by atoms with E-state index in [0.29, 0.717) is 18.9 Å². The summed E-state index contributed by atoms with van der Waals surface area (Å²) in [5, 5.41) is 3.13. The Morgan fingerprint density at radius 3 is 2.77 bits per heavy atom. The van der Waals surface area contributed by atoms with Gasteiger partial charge >= 0.3 is 0 Å². The third-order valence-electron chi connectivity index (χ3n) is 5.59. The minimum absolute atomic E-state index is 0.0135. The Balaban J connectivity index is 1.43. The number of benzene rings is 1. The summed E-state index contributed by atoms with van der Waals surface area (Å²) in [4.78, 5) is 27.0. The first kappa shape index (κ1) is 17.3. The Bertz CT molecular complexity index is 704. The van der Waals surface area contributed by atoms with Crippen molar-refractivity contribution in [2.24, 2.45) is 11.8 Å². The molecule has 3 aliphatic rings. The van der Waals surface area contributed by atoms with Gasteiger partial charge in [0.1, 0.15) is 11.6 Å². The average Bonchev–Trinajstić information content (AvgIpc) is 3.49. The molecule has 140 valence electrons. The van der Waals surface area contributed by atoms with Crippen molar-refractivity contribution in [1.82, 2.24) is 10.2 Å². The van der Waals surface area contributed by atoms with Crippen LogP contribution in [0.3, 0.4) is 0 Å². The van der Waals surface area contributed by atoms with Crippen LogP contribution in [0.4, 0.5) is 4.39 Å². The molecule has 5 nitrogen and oxygen atoms in total. The van der Waals surface area contributed by atoms with Crippen LogP contribution in [0, 0.1) is 17.7 Å². The van der Waals surface area contributed by atoms with E-state index < -0.39 is 0 Å². The van der Waals surface area contributed by atoms with Crippen molar-refractivity contribution in [2.75, 3.05) is 19.7 Å². The molecule has 6 heteroatoms. The lowest BCUT2D eigenvalue weighted by atomic mass is 9.95. The molecule has 1 aliphatic carbocycles. The van der Waals surface area contributed by atoms with E-state index in [1.165, 1.54) is 12.1 Å². The van der Waals surface area contributed by atoms with E-state index in [1.807, 2.05) is 4.90 Å². The molecule has 0 spiro atoms. The number of carbonyl (C=O) groups is 2. The highest BCUT2D eigenvalue weighted by Crippen LogP contribution is 2.34. The molecule has 4 rings (SSSR count). The maximum atomic E-state index is 13.5. The standard InChI is InChI=1S/C20H25FN2O3/c21-15-7-8-16-17(4-2-10-26-18(16)11-15)22-19(24)14-3-1-9-23(12-14)20(25)13-5-6-13/h7-8,11,13-14,17H,1-6,9-10,12H2,(H,22,24)/t14-,17-/m1/s1. The molecule has 0 radical (unpaired) electrons. The van der Waals surface area contributed by atoms with Crippen molar-refractivity contribution in [1.29, 1.82) is 0 Å². The van der Waals surface area contributed by atoms with Crippen LogP contribution in [0.1, 0.15) is 50.1 Å². The molecule has 2 fully saturated rings. The molecular formula is C20H25FN2O3. The Morgan fingerprint density at radius 2 is 1.96 bits per heavy atom. The normalized spacial score (nSPS) is 25.7. The topological polar surface area (TPSA) is 58.6 Å². The molecule has 2 aliphatic heterocycles. The van der Waals surface area contributed by atoms with E-state index in [9.17, 15) is 14.0 Å². The number of likely N-dealkylation sites (tertiary alicyclic amines) is 1. The van der Waals surface area contributed by atoms with Gasteiger partial charge in [-0.05, 0) is 44.6 Å². The van der Waals surface area contributed by atoms with Crippen molar-refractivity contribution in [3.05, 3.63) is 29.6 Å². The number of carbonyl (C=O) groups excluding carboxylic acids is 2. The zero-order valence-electron chi connectivity index (χ0n) is 14.9. The van der Waals surface area contributed by atoms with Crippen molar-refractivity contribution in [2.45, 2.75) is 44.6 Å². The Hall–Kier alpha value is -2.11. The summed E-state index contributed by atoms with van der Waals surface area (Å²) >= 11 is 0. The fourth-order valence-corrected chi connectivity index (χ4v) is 3.97. The van der Waals surface area contributed by atoms with E-state index in [4.69, 9.17) is 4.74 Å². The van der Waals surface area contributed by atoms with E-state index in [1.54, 1.807) is 6.07 Å². The first-order chi connectivity index (χ1) is 12.6. The summed E-state index contributed by atoms with van der Waals surface area (Å²) in [5.41, 5.74) is 0.832. The number of nitrogens with zero attached hydrogens (tertiary/aromatic N) is 1. The van der Waals surface area contributed by atoms with Gasteiger partial charge in [-0.15, -0.1) is 0 Å². The highest BCUT2D eigenvalue weighted by molar-refractivity contribution is 5.83. The quantitative estimate of drug-likeness (QED) is 0.902. The lowest BCUT2D eigenvalue weighted by Gasteiger charge is -2.33. The molecule has 26 heavy (non-hydrogen) atoms. The summed E-state index contributed by atoms with van der Waals surface area (Å²) in [6.45, 7) is 1.80. The zero-order chi connectivity index (χ0) is 18.1. The molecule has 1 saturated heterocycles. The van der Waals surface area contributed by atoms with Crippen molar-refractivity contribution in [3.8, 4) is 5.75 Å². The SMILES string of the molecule is O=C(N[C@@H]1CCCOc2cc(F)ccc21)[C@@H]1CCCN(C(=O)C2CC2)C1. The monoisotopic (exact) mass is 360 g/mol. The third kappa shape index (κ3) is 3.69. The van der Waals surface area contributed by atoms with E-state index in [0.717, 1.165) is 50.6 Å². The summed E-state index contributed by atoms with van der Waals surface area (Å²) in [6, 6.07) is 4.32. The van der Waals surface area contributed by atoms with Gasteiger partial charge in [0.05, 0.1) is 18.6 Å². The number of fused-ring (bicyclic) bond motifs is 1. The van der Waals surface area contributed by atoms with Crippen molar-refractivity contribution in [3.63, 3.8) is 0 Å². The summed E-state index contributed by atoms with van der Waals surface area (Å²) < 4.78 is 19.1. The van der Waals surface area contributed by atoms with Gasteiger partial charge in [0.2, 0.25) is 11.8 Å². The van der Waals surface area contributed by atoms with Crippen LogP contribution in [-0.2, 0) is 9.59 Å². The van der Waals surface area contributed by atoms with E-state index in [-0.39, 0.29) is 35.5 Å². The Morgan fingerprint density at radius 1 is 1.12 bits per heavy atom. The minimum Gasteiger partial charge on any atom is -0.493 e. The molecular weight excluding hydrogens is 335 g/mol.